The van der Waals surface area contributed by atoms with Crippen molar-refractivity contribution in [1.82, 2.24) is 0 Å². The van der Waals surface area contributed by atoms with Gasteiger partial charge in [0.05, 0.1) is 0 Å². The molecule has 1 saturated carbocycles. The Kier molecular flexibility index (Phi) is 2.64. The van der Waals surface area contributed by atoms with E-state index in [0.717, 1.165) is 5.92 Å². The first-order valence-corrected chi connectivity index (χ1v) is 6.19. The summed E-state index contributed by atoms with van der Waals surface area (Å²) in [6.07, 6.45) is 3.55. The summed E-state index contributed by atoms with van der Waals surface area (Å²) in [7, 11) is 0. The molecule has 4 atom stereocenters. The second-order valence-corrected chi connectivity index (χ2v) is 5.98. The molecular weight excluding hydrogens is 200 g/mol. The minimum absolute atomic E-state index is 0.0170. The van der Waals surface area contributed by atoms with Crippen LogP contribution in [-0.4, -0.2) is 12.1 Å². The van der Waals surface area contributed by atoms with Gasteiger partial charge < -0.3 is 4.74 Å². The normalized spacial score (nSPS) is 37.1. The molecule has 0 aromatic heterocycles. The van der Waals surface area contributed by atoms with Crippen molar-refractivity contribution in [2.75, 3.05) is 0 Å². The fraction of sp³-hybridized carbons (Fsp3) is 0.786. The summed E-state index contributed by atoms with van der Waals surface area (Å²) in [5, 5.41) is 0. The molecule has 0 N–H and O–H groups in total. The first-order chi connectivity index (χ1) is 7.35. The molecule has 0 aromatic carbocycles. The molecule has 2 aliphatic carbocycles. The minimum Gasteiger partial charge on any atom is -0.462 e. The Morgan fingerprint density at radius 1 is 1.56 bits per heavy atom. The molecule has 0 amide bonds. The van der Waals surface area contributed by atoms with Gasteiger partial charge in [0, 0.05) is 12.8 Å². The van der Waals surface area contributed by atoms with Gasteiger partial charge in [-0.15, -0.1) is 0 Å². The molecular formula is C14H22O2. The van der Waals surface area contributed by atoms with Gasteiger partial charge in [-0.3, -0.25) is 4.79 Å². The third-order valence-electron chi connectivity index (χ3n) is 4.60. The summed E-state index contributed by atoms with van der Waals surface area (Å²) in [6.45, 7) is 10.4. The Morgan fingerprint density at radius 2 is 2.19 bits per heavy atom. The standard InChI is InChI=1S/C14H22O2/c1-8-6-7-11-13(14(11,4)5)12(8)9(2)16-10(3)15/h6,9,11-13H,7H2,1-5H3. The van der Waals surface area contributed by atoms with Gasteiger partial charge in [-0.1, -0.05) is 25.5 Å². The molecule has 0 heterocycles. The summed E-state index contributed by atoms with van der Waals surface area (Å²) in [5.41, 5.74) is 1.83. The second-order valence-electron chi connectivity index (χ2n) is 5.98. The fourth-order valence-electron chi connectivity index (χ4n) is 3.68. The predicted octanol–water partition coefficient (Wildman–Crippen LogP) is 3.18. The fourth-order valence-corrected chi connectivity index (χ4v) is 3.68. The molecule has 0 aliphatic heterocycles. The monoisotopic (exact) mass is 222 g/mol. The van der Waals surface area contributed by atoms with Crippen molar-refractivity contribution in [2.45, 2.75) is 47.1 Å². The van der Waals surface area contributed by atoms with E-state index in [2.05, 4.69) is 26.8 Å². The van der Waals surface area contributed by atoms with Crippen molar-refractivity contribution in [3.63, 3.8) is 0 Å². The van der Waals surface area contributed by atoms with Crippen molar-refractivity contribution in [3.05, 3.63) is 11.6 Å². The maximum Gasteiger partial charge on any atom is 0.302 e. The lowest BCUT2D eigenvalue weighted by Gasteiger charge is -2.28. The molecule has 2 rings (SSSR count). The Morgan fingerprint density at radius 3 is 2.75 bits per heavy atom. The Bertz CT molecular complexity index is 341. The smallest absolute Gasteiger partial charge is 0.302 e. The highest BCUT2D eigenvalue weighted by Gasteiger charge is 2.62. The predicted molar refractivity (Wildman–Crippen MR) is 63.9 cm³/mol. The molecule has 90 valence electrons. The third kappa shape index (κ3) is 1.68. The van der Waals surface area contributed by atoms with E-state index in [0.29, 0.717) is 17.3 Å². The quantitative estimate of drug-likeness (QED) is 0.530. The zero-order valence-electron chi connectivity index (χ0n) is 10.9. The summed E-state index contributed by atoms with van der Waals surface area (Å²) < 4.78 is 5.37. The van der Waals surface area contributed by atoms with Crippen LogP contribution in [-0.2, 0) is 9.53 Å². The van der Waals surface area contributed by atoms with Crippen molar-refractivity contribution in [2.24, 2.45) is 23.2 Å². The molecule has 2 nitrogen and oxygen atoms in total. The van der Waals surface area contributed by atoms with Gasteiger partial charge in [-0.2, -0.15) is 0 Å². The van der Waals surface area contributed by atoms with Crippen LogP contribution in [0.2, 0.25) is 0 Å². The zero-order valence-corrected chi connectivity index (χ0v) is 10.9. The summed E-state index contributed by atoms with van der Waals surface area (Å²) >= 11 is 0. The number of carbonyl (C=O) groups is 1. The number of fused-ring (bicyclic) bond motifs is 1. The minimum atomic E-state index is -0.166. The van der Waals surface area contributed by atoms with Crippen LogP contribution in [0.3, 0.4) is 0 Å². The second kappa shape index (κ2) is 3.61. The average Bonchev–Trinajstić information content (AvgIpc) is 2.67. The summed E-state index contributed by atoms with van der Waals surface area (Å²) in [5.74, 6) is 1.75. The molecule has 16 heavy (non-hydrogen) atoms. The molecule has 1 fully saturated rings. The van der Waals surface area contributed by atoms with Crippen LogP contribution in [0.1, 0.15) is 41.0 Å². The Balaban J connectivity index is 2.15. The van der Waals surface area contributed by atoms with Gasteiger partial charge in [0.25, 0.3) is 0 Å². The van der Waals surface area contributed by atoms with E-state index >= 15 is 0 Å². The highest BCUT2D eigenvalue weighted by Crippen LogP contribution is 2.67. The van der Waals surface area contributed by atoms with E-state index < -0.39 is 0 Å². The number of carbonyl (C=O) groups excluding carboxylic acids is 1. The number of ether oxygens (including phenoxy) is 1. The van der Waals surface area contributed by atoms with Crippen molar-refractivity contribution < 1.29 is 9.53 Å². The number of hydrogen-bond donors (Lipinski definition) is 0. The third-order valence-corrected chi connectivity index (χ3v) is 4.60. The van der Waals surface area contributed by atoms with Crippen molar-refractivity contribution >= 4 is 5.97 Å². The van der Waals surface area contributed by atoms with Crippen molar-refractivity contribution in [3.8, 4) is 0 Å². The van der Waals surface area contributed by atoms with E-state index in [9.17, 15) is 4.79 Å². The van der Waals surface area contributed by atoms with Crippen LogP contribution in [0.25, 0.3) is 0 Å². The summed E-state index contributed by atoms with van der Waals surface area (Å²) in [6, 6.07) is 0. The number of esters is 1. The van der Waals surface area contributed by atoms with Crippen LogP contribution in [0, 0.1) is 23.2 Å². The van der Waals surface area contributed by atoms with Crippen LogP contribution in [0.5, 0.6) is 0 Å². The Hall–Kier alpha value is -0.790. The van der Waals surface area contributed by atoms with Crippen LogP contribution >= 0.6 is 0 Å². The summed E-state index contributed by atoms with van der Waals surface area (Å²) in [4.78, 5) is 11.0. The highest BCUT2D eigenvalue weighted by molar-refractivity contribution is 5.66. The lowest BCUT2D eigenvalue weighted by Crippen LogP contribution is -2.28. The molecule has 0 bridgehead atoms. The van der Waals surface area contributed by atoms with Gasteiger partial charge in [0.15, 0.2) is 0 Å². The molecule has 4 unspecified atom stereocenters. The maximum absolute atomic E-state index is 11.0. The van der Waals surface area contributed by atoms with E-state index in [-0.39, 0.29) is 12.1 Å². The SMILES string of the molecule is CC(=O)OC(C)C1C(C)=CCC2C1C2(C)C. The zero-order chi connectivity index (χ0) is 12.1. The van der Waals surface area contributed by atoms with E-state index in [1.165, 1.54) is 18.9 Å². The highest BCUT2D eigenvalue weighted by atomic mass is 16.5. The van der Waals surface area contributed by atoms with E-state index in [1.54, 1.807) is 0 Å². The molecule has 0 aromatic rings. The van der Waals surface area contributed by atoms with Crippen molar-refractivity contribution in [1.29, 1.82) is 0 Å². The van der Waals surface area contributed by atoms with Crippen LogP contribution in [0.15, 0.2) is 11.6 Å². The van der Waals surface area contributed by atoms with Gasteiger partial charge in [0.2, 0.25) is 0 Å². The van der Waals surface area contributed by atoms with E-state index in [4.69, 9.17) is 4.74 Å². The average molecular weight is 222 g/mol. The molecule has 0 saturated heterocycles. The largest absolute Gasteiger partial charge is 0.462 e. The van der Waals surface area contributed by atoms with E-state index in [1.807, 2.05) is 6.92 Å². The van der Waals surface area contributed by atoms with Crippen LogP contribution in [0.4, 0.5) is 0 Å². The first-order valence-electron chi connectivity index (χ1n) is 6.19. The lowest BCUT2D eigenvalue weighted by atomic mass is 9.83. The first kappa shape index (κ1) is 11.7. The lowest BCUT2D eigenvalue weighted by molar-refractivity contribution is -0.147. The topological polar surface area (TPSA) is 26.3 Å². The number of allylic oxidation sites excluding steroid dienone is 1. The molecule has 0 spiro atoms. The van der Waals surface area contributed by atoms with Crippen LogP contribution < -0.4 is 0 Å². The van der Waals surface area contributed by atoms with Gasteiger partial charge in [-0.25, -0.2) is 0 Å². The number of hydrogen-bond acceptors (Lipinski definition) is 2. The van der Waals surface area contributed by atoms with Gasteiger partial charge in [-0.05, 0) is 37.5 Å². The molecule has 0 radical (unpaired) electrons. The Labute approximate surface area is 98.1 Å². The number of rotatable bonds is 2. The molecule has 2 aliphatic rings. The maximum atomic E-state index is 11.0. The van der Waals surface area contributed by atoms with Gasteiger partial charge >= 0.3 is 5.97 Å². The van der Waals surface area contributed by atoms with Gasteiger partial charge in [0.1, 0.15) is 6.10 Å². The molecule has 2 heteroatoms.